The van der Waals surface area contributed by atoms with Gasteiger partial charge in [0.25, 0.3) is 0 Å². The number of thiazole rings is 1. The Morgan fingerprint density at radius 2 is 2.11 bits per heavy atom. The predicted molar refractivity (Wildman–Crippen MR) is 78.5 cm³/mol. The molecule has 0 aliphatic rings. The number of halogens is 1. The minimum atomic E-state index is -0.268. The lowest BCUT2D eigenvalue weighted by molar-refractivity contribution is 0.627. The van der Waals surface area contributed by atoms with Gasteiger partial charge < -0.3 is 11.1 Å². The van der Waals surface area contributed by atoms with Crippen LogP contribution in [0.15, 0.2) is 35.8 Å². The molecule has 3 nitrogen and oxygen atoms in total. The van der Waals surface area contributed by atoms with Crippen LogP contribution in [-0.2, 0) is 0 Å². The maximum atomic E-state index is 13.4. The van der Waals surface area contributed by atoms with Crippen molar-refractivity contribution in [2.45, 2.75) is 6.92 Å². The Labute approximate surface area is 113 Å². The quantitative estimate of drug-likeness (QED) is 0.692. The van der Waals surface area contributed by atoms with Crippen LogP contribution >= 0.6 is 11.3 Å². The summed E-state index contributed by atoms with van der Waals surface area (Å²) in [7, 11) is 0. The van der Waals surface area contributed by atoms with E-state index in [9.17, 15) is 4.39 Å². The van der Waals surface area contributed by atoms with E-state index in [4.69, 9.17) is 5.73 Å². The van der Waals surface area contributed by atoms with Gasteiger partial charge in [-0.15, -0.1) is 11.3 Å². The van der Waals surface area contributed by atoms with Crippen molar-refractivity contribution >= 4 is 38.6 Å². The Morgan fingerprint density at radius 3 is 2.89 bits per heavy atom. The van der Waals surface area contributed by atoms with E-state index in [1.165, 1.54) is 12.1 Å². The third kappa shape index (κ3) is 2.24. The van der Waals surface area contributed by atoms with Crippen LogP contribution in [-0.4, -0.2) is 4.98 Å². The first-order chi connectivity index (χ1) is 9.13. The molecule has 0 atom stereocenters. The number of benzene rings is 2. The summed E-state index contributed by atoms with van der Waals surface area (Å²) in [4.78, 5) is 4.24. The molecule has 0 saturated carbocycles. The molecule has 0 saturated heterocycles. The van der Waals surface area contributed by atoms with Gasteiger partial charge in [-0.2, -0.15) is 0 Å². The van der Waals surface area contributed by atoms with E-state index in [-0.39, 0.29) is 5.82 Å². The van der Waals surface area contributed by atoms with Crippen molar-refractivity contribution < 1.29 is 4.39 Å². The summed E-state index contributed by atoms with van der Waals surface area (Å²) in [6.07, 6.45) is 0. The topological polar surface area (TPSA) is 50.9 Å². The van der Waals surface area contributed by atoms with Crippen molar-refractivity contribution in [1.82, 2.24) is 4.98 Å². The molecule has 0 bridgehead atoms. The zero-order valence-electron chi connectivity index (χ0n) is 10.3. The van der Waals surface area contributed by atoms with Crippen LogP contribution in [0.2, 0.25) is 0 Å². The van der Waals surface area contributed by atoms with Crippen molar-refractivity contribution in [3.05, 3.63) is 47.2 Å². The Hall–Kier alpha value is -2.14. The van der Waals surface area contributed by atoms with Gasteiger partial charge in [-0.1, -0.05) is 0 Å². The Bertz CT molecular complexity index is 731. The van der Waals surface area contributed by atoms with Crippen molar-refractivity contribution in [1.29, 1.82) is 0 Å². The van der Waals surface area contributed by atoms with Crippen LogP contribution in [0.25, 0.3) is 10.2 Å². The van der Waals surface area contributed by atoms with Crippen molar-refractivity contribution in [2.24, 2.45) is 0 Å². The number of nitrogens with zero attached hydrogens (tertiary/aromatic N) is 1. The number of fused-ring (bicyclic) bond motifs is 1. The number of aromatic nitrogens is 1. The van der Waals surface area contributed by atoms with E-state index in [0.717, 1.165) is 21.5 Å². The van der Waals surface area contributed by atoms with Crippen LogP contribution in [0.1, 0.15) is 5.56 Å². The van der Waals surface area contributed by atoms with Gasteiger partial charge in [-0.3, -0.25) is 0 Å². The first kappa shape index (κ1) is 11.9. The zero-order valence-corrected chi connectivity index (χ0v) is 11.1. The fourth-order valence-corrected chi connectivity index (χ4v) is 2.72. The van der Waals surface area contributed by atoms with Gasteiger partial charge in [0.15, 0.2) is 0 Å². The largest absolute Gasteiger partial charge is 0.395 e. The molecule has 96 valence electrons. The fourth-order valence-electron chi connectivity index (χ4n) is 2.03. The second-order valence-electron chi connectivity index (χ2n) is 4.37. The molecular weight excluding hydrogens is 261 g/mol. The lowest BCUT2D eigenvalue weighted by Gasteiger charge is -2.10. The van der Waals surface area contributed by atoms with Crippen molar-refractivity contribution in [2.75, 3.05) is 11.1 Å². The van der Waals surface area contributed by atoms with Crippen LogP contribution in [0.5, 0.6) is 0 Å². The number of nitrogens with two attached hydrogens (primary N) is 1. The first-order valence-electron chi connectivity index (χ1n) is 5.79. The molecule has 0 amide bonds. The Morgan fingerprint density at radius 1 is 1.26 bits per heavy atom. The summed E-state index contributed by atoms with van der Waals surface area (Å²) >= 11 is 1.54. The second kappa shape index (κ2) is 4.51. The molecule has 0 fully saturated rings. The average molecular weight is 273 g/mol. The smallest absolute Gasteiger partial charge is 0.125 e. The molecule has 1 aromatic heterocycles. The minimum Gasteiger partial charge on any atom is -0.395 e. The lowest BCUT2D eigenvalue weighted by atomic mass is 10.2. The van der Waals surface area contributed by atoms with Crippen LogP contribution in [0.4, 0.5) is 21.5 Å². The summed E-state index contributed by atoms with van der Waals surface area (Å²) < 4.78 is 14.4. The maximum absolute atomic E-state index is 13.4. The summed E-state index contributed by atoms with van der Waals surface area (Å²) in [5.74, 6) is -0.268. The van der Waals surface area contributed by atoms with Crippen LogP contribution in [0, 0.1) is 12.7 Å². The third-order valence-corrected chi connectivity index (χ3v) is 3.66. The minimum absolute atomic E-state index is 0.268. The molecule has 19 heavy (non-hydrogen) atoms. The van der Waals surface area contributed by atoms with Gasteiger partial charge in [-0.05, 0) is 42.8 Å². The molecule has 3 rings (SSSR count). The molecular formula is C14H12FN3S. The normalized spacial score (nSPS) is 10.8. The number of aryl methyl sites for hydroxylation is 1. The number of rotatable bonds is 2. The highest BCUT2D eigenvalue weighted by atomic mass is 32.1. The van der Waals surface area contributed by atoms with Gasteiger partial charge in [-0.25, -0.2) is 9.37 Å². The first-order valence-corrected chi connectivity index (χ1v) is 6.67. The molecule has 5 heteroatoms. The number of nitrogens with one attached hydrogen (secondary N) is 1. The van der Waals surface area contributed by atoms with E-state index in [1.54, 1.807) is 16.8 Å². The van der Waals surface area contributed by atoms with Gasteiger partial charge in [0.1, 0.15) is 11.3 Å². The monoisotopic (exact) mass is 273 g/mol. The predicted octanol–water partition coefficient (Wildman–Crippen LogP) is 4.07. The van der Waals surface area contributed by atoms with Crippen molar-refractivity contribution in [3.8, 4) is 0 Å². The molecule has 0 aliphatic carbocycles. The Balaban J connectivity index is 2.02. The van der Waals surface area contributed by atoms with E-state index >= 15 is 0 Å². The van der Waals surface area contributed by atoms with E-state index in [0.29, 0.717) is 11.4 Å². The molecule has 1 heterocycles. The van der Waals surface area contributed by atoms with E-state index < -0.39 is 0 Å². The van der Waals surface area contributed by atoms with E-state index in [1.807, 2.05) is 25.1 Å². The summed E-state index contributed by atoms with van der Waals surface area (Å²) in [5, 5.41) is 3.14. The molecule has 0 aliphatic heterocycles. The highest BCUT2D eigenvalue weighted by molar-refractivity contribution is 7.16. The third-order valence-electron chi connectivity index (χ3n) is 2.86. The molecule has 0 spiro atoms. The molecule has 0 radical (unpaired) electrons. The maximum Gasteiger partial charge on any atom is 0.125 e. The number of hydrogen-bond donors (Lipinski definition) is 2. The number of hydrogen-bond acceptors (Lipinski definition) is 4. The molecule has 3 N–H and O–H groups in total. The summed E-state index contributed by atoms with van der Waals surface area (Å²) in [5.41, 5.74) is 11.5. The number of anilines is 3. The van der Waals surface area contributed by atoms with Crippen LogP contribution < -0.4 is 11.1 Å². The second-order valence-corrected chi connectivity index (χ2v) is 5.25. The highest BCUT2D eigenvalue weighted by Gasteiger charge is 2.07. The summed E-state index contributed by atoms with van der Waals surface area (Å²) in [6.45, 7) is 1.85. The molecule has 3 aromatic rings. The average Bonchev–Trinajstić information content (AvgIpc) is 2.80. The highest BCUT2D eigenvalue weighted by Crippen LogP contribution is 2.32. The molecule has 2 aromatic carbocycles. The van der Waals surface area contributed by atoms with Gasteiger partial charge in [0, 0.05) is 5.69 Å². The van der Waals surface area contributed by atoms with Gasteiger partial charge in [0.05, 0.1) is 21.6 Å². The Kier molecular flexibility index (Phi) is 2.83. The standard InChI is InChI=1S/C14H12FN3S/c1-8-4-9(15)6-10(5-8)18-11-2-3-12-14(13(11)16)17-7-19-12/h2-7,18H,16H2,1H3. The fraction of sp³-hybridized carbons (Fsp3) is 0.0714. The SMILES string of the molecule is Cc1cc(F)cc(Nc2ccc3scnc3c2N)c1. The zero-order chi connectivity index (χ0) is 13.4. The van der Waals surface area contributed by atoms with E-state index in [2.05, 4.69) is 10.3 Å². The summed E-state index contributed by atoms with van der Waals surface area (Å²) in [6, 6.07) is 8.64. The van der Waals surface area contributed by atoms with Crippen LogP contribution in [0.3, 0.4) is 0 Å². The number of nitrogen functional groups attached to an aromatic ring is 1. The lowest BCUT2D eigenvalue weighted by Crippen LogP contribution is -1.97. The van der Waals surface area contributed by atoms with Crippen molar-refractivity contribution in [3.63, 3.8) is 0 Å². The van der Waals surface area contributed by atoms with Gasteiger partial charge >= 0.3 is 0 Å². The molecule has 0 unspecified atom stereocenters. The van der Waals surface area contributed by atoms with Gasteiger partial charge in [0.2, 0.25) is 0 Å².